The molecule has 1 aliphatic rings. The van der Waals surface area contributed by atoms with E-state index in [1.165, 1.54) is 5.56 Å². The maximum Gasteiger partial charge on any atom is 0.224 e. The number of amides is 2. The number of nitrogens with zero attached hydrogens (tertiary/aromatic N) is 3. The molecular weight excluding hydrogens is 350 g/mol. The standard InChI is InChI=1S/C23H29N3O2/c1-19(27)26(18-22-9-5-6-13-24-22)16-12-23(28)25-14-10-21(11-15-25)17-20-7-3-2-4-8-20/h2-9,13,21H,10-12,14-18H2,1H3. The van der Waals surface area contributed by atoms with Crippen molar-refractivity contribution in [2.24, 2.45) is 5.92 Å². The minimum atomic E-state index is -0.0278. The Morgan fingerprint density at radius 1 is 1.07 bits per heavy atom. The summed E-state index contributed by atoms with van der Waals surface area (Å²) in [6.45, 7) is 4.06. The highest BCUT2D eigenvalue weighted by Crippen LogP contribution is 2.22. The van der Waals surface area contributed by atoms with Gasteiger partial charge in [0, 0.05) is 39.2 Å². The average molecular weight is 380 g/mol. The summed E-state index contributed by atoms with van der Waals surface area (Å²) in [4.78, 5) is 32.5. The third-order valence-corrected chi connectivity index (χ3v) is 5.45. The number of aromatic nitrogens is 1. The molecule has 0 bridgehead atoms. The van der Waals surface area contributed by atoms with Crippen LogP contribution >= 0.6 is 0 Å². The number of benzene rings is 1. The van der Waals surface area contributed by atoms with Gasteiger partial charge in [-0.2, -0.15) is 0 Å². The summed E-state index contributed by atoms with van der Waals surface area (Å²) >= 11 is 0. The maximum absolute atomic E-state index is 12.6. The molecule has 2 aromatic rings. The first-order valence-electron chi connectivity index (χ1n) is 10.1. The van der Waals surface area contributed by atoms with Crippen LogP contribution in [0.5, 0.6) is 0 Å². The molecule has 148 valence electrons. The molecule has 0 atom stereocenters. The molecule has 1 aromatic heterocycles. The summed E-state index contributed by atoms with van der Waals surface area (Å²) in [7, 11) is 0. The number of carbonyl (C=O) groups excluding carboxylic acids is 2. The Morgan fingerprint density at radius 2 is 1.79 bits per heavy atom. The van der Waals surface area contributed by atoms with E-state index in [0.29, 0.717) is 25.4 Å². The largest absolute Gasteiger partial charge is 0.343 e. The van der Waals surface area contributed by atoms with Gasteiger partial charge in [-0.05, 0) is 42.9 Å². The van der Waals surface area contributed by atoms with Crippen molar-refractivity contribution in [1.82, 2.24) is 14.8 Å². The quantitative estimate of drug-likeness (QED) is 0.742. The molecule has 1 aliphatic heterocycles. The summed E-state index contributed by atoms with van der Waals surface area (Å²) in [6, 6.07) is 16.2. The number of piperidine rings is 1. The third kappa shape index (κ3) is 5.91. The first kappa shape index (κ1) is 20.1. The molecular formula is C23H29N3O2. The molecule has 1 aromatic carbocycles. The van der Waals surface area contributed by atoms with Gasteiger partial charge < -0.3 is 9.80 Å². The van der Waals surface area contributed by atoms with Gasteiger partial charge in [0.2, 0.25) is 11.8 Å². The topological polar surface area (TPSA) is 53.5 Å². The van der Waals surface area contributed by atoms with Gasteiger partial charge in [0.05, 0.1) is 12.2 Å². The second-order valence-electron chi connectivity index (χ2n) is 7.53. The van der Waals surface area contributed by atoms with Crippen molar-refractivity contribution in [1.29, 1.82) is 0 Å². The number of likely N-dealkylation sites (tertiary alicyclic amines) is 1. The molecule has 0 aliphatic carbocycles. The molecule has 0 radical (unpaired) electrons. The lowest BCUT2D eigenvalue weighted by molar-refractivity contribution is -0.134. The SMILES string of the molecule is CC(=O)N(CCC(=O)N1CCC(Cc2ccccc2)CC1)Cc1ccccn1. The van der Waals surface area contributed by atoms with Crippen LogP contribution in [0.1, 0.15) is 37.4 Å². The molecule has 0 spiro atoms. The number of hydrogen-bond donors (Lipinski definition) is 0. The van der Waals surface area contributed by atoms with Gasteiger partial charge in [-0.25, -0.2) is 0 Å². The first-order chi connectivity index (χ1) is 13.6. The lowest BCUT2D eigenvalue weighted by Gasteiger charge is -2.32. The summed E-state index contributed by atoms with van der Waals surface area (Å²) < 4.78 is 0. The van der Waals surface area contributed by atoms with Crippen LogP contribution in [0.2, 0.25) is 0 Å². The Kier molecular flexibility index (Phi) is 7.18. The Hall–Kier alpha value is -2.69. The number of pyridine rings is 1. The van der Waals surface area contributed by atoms with Gasteiger partial charge in [-0.1, -0.05) is 36.4 Å². The van der Waals surface area contributed by atoms with Crippen molar-refractivity contribution in [2.45, 2.75) is 39.2 Å². The van der Waals surface area contributed by atoms with Crippen molar-refractivity contribution in [3.05, 3.63) is 66.0 Å². The van der Waals surface area contributed by atoms with Crippen LogP contribution in [0.25, 0.3) is 0 Å². The van der Waals surface area contributed by atoms with E-state index in [1.54, 1.807) is 18.0 Å². The van der Waals surface area contributed by atoms with E-state index < -0.39 is 0 Å². The van der Waals surface area contributed by atoms with Crippen LogP contribution in [-0.2, 0) is 22.6 Å². The zero-order chi connectivity index (χ0) is 19.8. The van der Waals surface area contributed by atoms with E-state index >= 15 is 0 Å². The van der Waals surface area contributed by atoms with Crippen molar-refractivity contribution >= 4 is 11.8 Å². The monoisotopic (exact) mass is 379 g/mol. The Bertz CT molecular complexity index is 756. The van der Waals surface area contributed by atoms with Crippen molar-refractivity contribution in [3.63, 3.8) is 0 Å². The highest BCUT2D eigenvalue weighted by Gasteiger charge is 2.23. The predicted octanol–water partition coefficient (Wildman–Crippen LogP) is 3.30. The highest BCUT2D eigenvalue weighted by molar-refractivity contribution is 5.78. The first-order valence-corrected chi connectivity index (χ1v) is 10.1. The van der Waals surface area contributed by atoms with Gasteiger partial charge in [-0.15, -0.1) is 0 Å². The number of hydrogen-bond acceptors (Lipinski definition) is 3. The second-order valence-corrected chi connectivity index (χ2v) is 7.53. The van der Waals surface area contributed by atoms with E-state index in [9.17, 15) is 9.59 Å². The average Bonchev–Trinajstić information content (AvgIpc) is 2.73. The van der Waals surface area contributed by atoms with Crippen LogP contribution < -0.4 is 0 Å². The van der Waals surface area contributed by atoms with Crippen LogP contribution in [0.3, 0.4) is 0 Å². The fourth-order valence-electron chi connectivity index (χ4n) is 3.76. The fraction of sp³-hybridized carbons (Fsp3) is 0.435. The smallest absolute Gasteiger partial charge is 0.224 e. The zero-order valence-electron chi connectivity index (χ0n) is 16.6. The Labute approximate surface area is 167 Å². The minimum absolute atomic E-state index is 0.0278. The van der Waals surface area contributed by atoms with E-state index in [1.807, 2.05) is 29.2 Å². The third-order valence-electron chi connectivity index (χ3n) is 5.45. The maximum atomic E-state index is 12.6. The summed E-state index contributed by atoms with van der Waals surface area (Å²) in [5.74, 6) is 0.759. The zero-order valence-corrected chi connectivity index (χ0v) is 16.6. The molecule has 5 nitrogen and oxygen atoms in total. The molecule has 1 fully saturated rings. The van der Waals surface area contributed by atoms with Gasteiger partial charge in [-0.3, -0.25) is 14.6 Å². The minimum Gasteiger partial charge on any atom is -0.343 e. The van der Waals surface area contributed by atoms with Crippen LogP contribution in [-0.4, -0.2) is 46.2 Å². The van der Waals surface area contributed by atoms with Gasteiger partial charge in [0.15, 0.2) is 0 Å². The van der Waals surface area contributed by atoms with Crippen LogP contribution in [0, 0.1) is 5.92 Å². The molecule has 3 rings (SSSR count). The fourth-order valence-corrected chi connectivity index (χ4v) is 3.76. The van der Waals surface area contributed by atoms with Gasteiger partial charge in [0.1, 0.15) is 0 Å². The number of rotatable bonds is 7. The Morgan fingerprint density at radius 3 is 2.43 bits per heavy atom. The van der Waals surface area contributed by atoms with E-state index in [-0.39, 0.29) is 11.8 Å². The molecule has 1 saturated heterocycles. The molecule has 2 amide bonds. The molecule has 5 heteroatoms. The highest BCUT2D eigenvalue weighted by atomic mass is 16.2. The van der Waals surface area contributed by atoms with Gasteiger partial charge >= 0.3 is 0 Å². The van der Waals surface area contributed by atoms with Crippen molar-refractivity contribution in [2.75, 3.05) is 19.6 Å². The predicted molar refractivity (Wildman–Crippen MR) is 109 cm³/mol. The van der Waals surface area contributed by atoms with Crippen molar-refractivity contribution in [3.8, 4) is 0 Å². The van der Waals surface area contributed by atoms with E-state index in [0.717, 1.165) is 38.0 Å². The van der Waals surface area contributed by atoms with Crippen LogP contribution in [0.15, 0.2) is 54.7 Å². The van der Waals surface area contributed by atoms with Crippen molar-refractivity contribution < 1.29 is 9.59 Å². The molecule has 28 heavy (non-hydrogen) atoms. The summed E-state index contributed by atoms with van der Waals surface area (Å²) in [5, 5.41) is 0. The Balaban J connectivity index is 1.43. The lowest BCUT2D eigenvalue weighted by atomic mass is 9.90. The second kappa shape index (κ2) is 10.0. The van der Waals surface area contributed by atoms with Gasteiger partial charge in [0.25, 0.3) is 0 Å². The lowest BCUT2D eigenvalue weighted by Crippen LogP contribution is -2.41. The molecule has 0 unspecified atom stereocenters. The van der Waals surface area contributed by atoms with E-state index in [2.05, 4.69) is 29.2 Å². The van der Waals surface area contributed by atoms with Crippen LogP contribution in [0.4, 0.5) is 0 Å². The summed E-state index contributed by atoms with van der Waals surface area (Å²) in [6.07, 6.45) is 5.27. The number of carbonyl (C=O) groups is 2. The molecule has 2 heterocycles. The molecule has 0 N–H and O–H groups in total. The molecule has 0 saturated carbocycles. The normalized spacial score (nSPS) is 14.7. The van der Waals surface area contributed by atoms with E-state index in [4.69, 9.17) is 0 Å². The summed E-state index contributed by atoms with van der Waals surface area (Å²) in [5.41, 5.74) is 2.21.